The number of aromatic nitrogens is 2. The van der Waals surface area contributed by atoms with E-state index in [0.29, 0.717) is 18.3 Å². The molecule has 2 fully saturated rings. The Balaban J connectivity index is 1.51. The molecule has 1 aliphatic heterocycles. The molecule has 0 bridgehead atoms. The quantitative estimate of drug-likeness (QED) is 0.927. The molecule has 3 atom stereocenters. The van der Waals surface area contributed by atoms with Gasteiger partial charge in [-0.05, 0) is 37.8 Å². The summed E-state index contributed by atoms with van der Waals surface area (Å²) in [6.07, 6.45) is 3.22. The van der Waals surface area contributed by atoms with Crippen molar-refractivity contribution in [3.8, 4) is 11.5 Å². The van der Waals surface area contributed by atoms with E-state index in [1.807, 2.05) is 30.3 Å². The van der Waals surface area contributed by atoms with Crippen LogP contribution in [0.2, 0.25) is 0 Å². The topological polar surface area (TPSA) is 71.6 Å². The molecule has 2 aliphatic rings. The van der Waals surface area contributed by atoms with Crippen LogP contribution in [-0.4, -0.2) is 51.5 Å². The molecular formula is C18H23N3O3. The minimum atomic E-state index is -0.246. The van der Waals surface area contributed by atoms with Gasteiger partial charge in [0.05, 0.1) is 18.2 Å². The summed E-state index contributed by atoms with van der Waals surface area (Å²) in [5, 5.41) is 14.2. The largest absolute Gasteiger partial charge is 0.393 e. The van der Waals surface area contributed by atoms with Crippen LogP contribution in [0.5, 0.6) is 0 Å². The van der Waals surface area contributed by atoms with E-state index in [9.17, 15) is 5.11 Å². The number of benzene rings is 1. The second-order valence-electron chi connectivity index (χ2n) is 6.82. The van der Waals surface area contributed by atoms with Crippen LogP contribution in [0.3, 0.4) is 0 Å². The van der Waals surface area contributed by atoms with Gasteiger partial charge in [0, 0.05) is 25.3 Å². The van der Waals surface area contributed by atoms with Crippen LogP contribution in [0.4, 0.5) is 0 Å². The predicted molar refractivity (Wildman–Crippen MR) is 88.1 cm³/mol. The average molecular weight is 329 g/mol. The Bertz CT molecular complexity index is 690. The van der Waals surface area contributed by atoms with Crippen LogP contribution in [-0.2, 0) is 11.3 Å². The Hall–Kier alpha value is -1.76. The third-order valence-electron chi connectivity index (χ3n) is 5.51. The molecular weight excluding hydrogens is 306 g/mol. The summed E-state index contributed by atoms with van der Waals surface area (Å²) in [5.74, 6) is 1.23. The lowest BCUT2D eigenvalue weighted by atomic mass is 9.79. The maximum Gasteiger partial charge on any atom is 0.257 e. The lowest BCUT2D eigenvalue weighted by Gasteiger charge is -2.42. The zero-order chi connectivity index (χ0) is 16.6. The minimum Gasteiger partial charge on any atom is -0.393 e. The molecule has 1 aliphatic carbocycles. The summed E-state index contributed by atoms with van der Waals surface area (Å²) in [6.45, 7) is 1.55. The number of hydrogen-bond acceptors (Lipinski definition) is 6. The van der Waals surface area contributed by atoms with Crippen LogP contribution in [0.25, 0.3) is 11.5 Å². The first-order valence-electron chi connectivity index (χ1n) is 8.55. The highest BCUT2D eigenvalue weighted by Crippen LogP contribution is 2.42. The lowest BCUT2D eigenvalue weighted by Crippen LogP contribution is -2.51. The Morgan fingerprint density at radius 1 is 1.33 bits per heavy atom. The van der Waals surface area contributed by atoms with Crippen LogP contribution < -0.4 is 0 Å². The number of hydrogen-bond donors (Lipinski definition) is 1. The Labute approximate surface area is 141 Å². The molecule has 2 heterocycles. The highest BCUT2D eigenvalue weighted by molar-refractivity contribution is 5.51. The molecule has 6 heteroatoms. The third-order valence-corrected chi connectivity index (χ3v) is 5.51. The van der Waals surface area contributed by atoms with Crippen molar-refractivity contribution in [1.82, 2.24) is 15.0 Å². The first-order valence-corrected chi connectivity index (χ1v) is 8.55. The average Bonchev–Trinajstić information content (AvgIpc) is 3.22. The van der Waals surface area contributed by atoms with Gasteiger partial charge in [-0.2, -0.15) is 4.98 Å². The second kappa shape index (κ2) is 6.27. The van der Waals surface area contributed by atoms with Crippen molar-refractivity contribution in [2.75, 3.05) is 13.7 Å². The third kappa shape index (κ3) is 2.75. The number of aliphatic hydroxyl groups excluding tert-OH is 1. The van der Waals surface area contributed by atoms with Gasteiger partial charge in [0.25, 0.3) is 5.89 Å². The summed E-state index contributed by atoms with van der Waals surface area (Å²) >= 11 is 0. The van der Waals surface area contributed by atoms with Gasteiger partial charge in [0.2, 0.25) is 0 Å². The molecule has 0 spiro atoms. The van der Waals surface area contributed by atoms with Gasteiger partial charge in [0.1, 0.15) is 0 Å². The summed E-state index contributed by atoms with van der Waals surface area (Å²) in [7, 11) is 1.79. The van der Waals surface area contributed by atoms with Gasteiger partial charge >= 0.3 is 0 Å². The fourth-order valence-electron chi connectivity index (χ4n) is 4.16. The molecule has 0 radical (unpaired) electrons. The molecule has 2 aromatic rings. The zero-order valence-electron chi connectivity index (χ0n) is 13.9. The number of rotatable bonds is 4. The Morgan fingerprint density at radius 2 is 2.17 bits per heavy atom. The van der Waals surface area contributed by atoms with Crippen molar-refractivity contribution >= 4 is 0 Å². The number of aliphatic hydroxyl groups is 1. The second-order valence-corrected chi connectivity index (χ2v) is 6.82. The van der Waals surface area contributed by atoms with Gasteiger partial charge in [-0.1, -0.05) is 23.4 Å². The number of likely N-dealkylation sites (tertiary alicyclic amines) is 1. The van der Waals surface area contributed by atoms with Crippen molar-refractivity contribution in [2.45, 2.75) is 50.0 Å². The van der Waals surface area contributed by atoms with Crippen molar-refractivity contribution < 1.29 is 14.4 Å². The fourth-order valence-corrected chi connectivity index (χ4v) is 4.16. The molecule has 1 saturated carbocycles. The number of ether oxygens (including phenoxy) is 1. The van der Waals surface area contributed by atoms with E-state index in [1.54, 1.807) is 7.11 Å². The van der Waals surface area contributed by atoms with E-state index in [-0.39, 0.29) is 17.7 Å². The lowest BCUT2D eigenvalue weighted by molar-refractivity contribution is -0.0882. The van der Waals surface area contributed by atoms with Crippen LogP contribution in [0, 0.1) is 0 Å². The van der Waals surface area contributed by atoms with E-state index in [0.717, 1.165) is 37.8 Å². The first-order chi connectivity index (χ1) is 11.7. The zero-order valence-corrected chi connectivity index (χ0v) is 13.9. The van der Waals surface area contributed by atoms with Crippen LogP contribution in [0.1, 0.15) is 31.5 Å². The van der Waals surface area contributed by atoms with Crippen molar-refractivity contribution in [3.63, 3.8) is 0 Å². The first kappa shape index (κ1) is 15.7. The maximum absolute atomic E-state index is 10.1. The van der Waals surface area contributed by atoms with Crippen molar-refractivity contribution in [1.29, 1.82) is 0 Å². The van der Waals surface area contributed by atoms with E-state index in [1.165, 1.54) is 0 Å². The highest BCUT2D eigenvalue weighted by atomic mass is 16.5. The molecule has 24 heavy (non-hydrogen) atoms. The SMILES string of the molecule is CO[C@@]12CC[C@@H](O)C[C@@H]1N(Cc1noc(-c3ccccc3)n1)CC2. The maximum atomic E-state index is 10.1. The summed E-state index contributed by atoms with van der Waals surface area (Å²) in [5.41, 5.74) is 0.794. The van der Waals surface area contributed by atoms with E-state index in [2.05, 4.69) is 15.0 Å². The monoisotopic (exact) mass is 329 g/mol. The molecule has 128 valence electrons. The van der Waals surface area contributed by atoms with E-state index >= 15 is 0 Å². The highest BCUT2D eigenvalue weighted by Gasteiger charge is 2.50. The number of fused-ring (bicyclic) bond motifs is 1. The van der Waals surface area contributed by atoms with E-state index in [4.69, 9.17) is 9.26 Å². The number of methoxy groups -OCH3 is 1. The van der Waals surface area contributed by atoms with Gasteiger partial charge in [-0.15, -0.1) is 0 Å². The molecule has 4 rings (SSSR count). The Morgan fingerprint density at radius 3 is 2.96 bits per heavy atom. The predicted octanol–water partition coefficient (Wildman–Crippen LogP) is 2.24. The molecule has 0 unspecified atom stereocenters. The van der Waals surface area contributed by atoms with Gasteiger partial charge < -0.3 is 14.4 Å². The van der Waals surface area contributed by atoms with Gasteiger partial charge in [-0.25, -0.2) is 0 Å². The van der Waals surface area contributed by atoms with Gasteiger partial charge in [0.15, 0.2) is 5.82 Å². The molecule has 1 aromatic carbocycles. The molecule has 1 saturated heterocycles. The summed E-state index contributed by atoms with van der Waals surface area (Å²) < 4.78 is 11.3. The van der Waals surface area contributed by atoms with Crippen molar-refractivity contribution in [2.24, 2.45) is 0 Å². The molecule has 0 amide bonds. The normalized spacial score (nSPS) is 30.4. The fraction of sp³-hybridized carbons (Fsp3) is 0.556. The minimum absolute atomic E-state index is 0.134. The van der Waals surface area contributed by atoms with Crippen LogP contribution in [0.15, 0.2) is 34.9 Å². The molecule has 1 aromatic heterocycles. The standard InChI is InChI=1S/C18H23N3O3/c1-23-18-8-7-14(22)11-15(18)21(10-9-18)12-16-19-17(24-20-16)13-5-3-2-4-6-13/h2-6,14-15,22H,7-12H2,1H3/t14-,15+,18-/m1/s1. The van der Waals surface area contributed by atoms with Crippen molar-refractivity contribution in [3.05, 3.63) is 36.2 Å². The van der Waals surface area contributed by atoms with Gasteiger partial charge in [-0.3, -0.25) is 4.90 Å². The Kier molecular flexibility index (Phi) is 4.12. The smallest absolute Gasteiger partial charge is 0.257 e. The van der Waals surface area contributed by atoms with Crippen LogP contribution >= 0.6 is 0 Å². The molecule has 1 N–H and O–H groups in total. The van der Waals surface area contributed by atoms with E-state index < -0.39 is 0 Å². The number of nitrogens with zero attached hydrogens (tertiary/aromatic N) is 3. The summed E-state index contributed by atoms with van der Waals surface area (Å²) in [4.78, 5) is 6.85. The summed E-state index contributed by atoms with van der Waals surface area (Å²) in [6, 6.07) is 10.0. The molecule has 6 nitrogen and oxygen atoms in total.